The average molecular weight is 257 g/mol. The Bertz CT molecular complexity index is 660. The van der Waals surface area contributed by atoms with Gasteiger partial charge in [-0.3, -0.25) is 9.89 Å². The Balaban J connectivity index is 1.77. The lowest BCUT2D eigenvalue weighted by Gasteiger charge is -2.18. The first-order chi connectivity index (χ1) is 9.31. The van der Waals surface area contributed by atoms with E-state index in [0.29, 0.717) is 11.8 Å². The summed E-state index contributed by atoms with van der Waals surface area (Å²) in [5.41, 5.74) is 2.01. The molecule has 2 saturated carbocycles. The first kappa shape index (κ1) is 11.3. The smallest absolute Gasteiger partial charge is 0.271 e. The highest BCUT2D eigenvalue weighted by atomic mass is 16.1. The van der Waals surface area contributed by atoms with Crippen molar-refractivity contribution in [2.45, 2.75) is 56.8 Å². The van der Waals surface area contributed by atoms with E-state index in [4.69, 9.17) is 0 Å². The fourth-order valence-corrected chi connectivity index (χ4v) is 3.24. The third-order valence-electron chi connectivity index (χ3n) is 4.54. The summed E-state index contributed by atoms with van der Waals surface area (Å²) in [5, 5.41) is 3.21. The van der Waals surface area contributed by atoms with Gasteiger partial charge in [-0.2, -0.15) is 0 Å². The summed E-state index contributed by atoms with van der Waals surface area (Å²) in [5.74, 6) is 2.12. The van der Waals surface area contributed by atoms with Crippen molar-refractivity contribution >= 4 is 5.65 Å². The summed E-state index contributed by atoms with van der Waals surface area (Å²) in [6.45, 7) is 0. The Kier molecular flexibility index (Phi) is 2.50. The van der Waals surface area contributed by atoms with E-state index in [1.165, 1.54) is 50.5 Å². The summed E-state index contributed by atoms with van der Waals surface area (Å²) >= 11 is 0. The maximum absolute atomic E-state index is 12.1. The van der Waals surface area contributed by atoms with Gasteiger partial charge in [-0.1, -0.05) is 19.3 Å². The third kappa shape index (κ3) is 1.99. The normalized spacial score (nSPS) is 21.1. The van der Waals surface area contributed by atoms with Crippen molar-refractivity contribution in [2.75, 3.05) is 0 Å². The molecule has 4 rings (SSSR count). The highest BCUT2D eigenvalue weighted by molar-refractivity contribution is 5.43. The van der Waals surface area contributed by atoms with Gasteiger partial charge < -0.3 is 0 Å². The van der Waals surface area contributed by atoms with Crippen molar-refractivity contribution in [3.63, 3.8) is 0 Å². The fraction of sp³-hybridized carbons (Fsp3) is 0.600. The number of fused-ring (bicyclic) bond motifs is 1. The van der Waals surface area contributed by atoms with Crippen LogP contribution in [0.1, 0.15) is 68.2 Å². The Labute approximate surface area is 111 Å². The van der Waals surface area contributed by atoms with Crippen LogP contribution in [-0.2, 0) is 0 Å². The second kappa shape index (κ2) is 4.22. The number of hydrogen-bond donors (Lipinski definition) is 1. The number of rotatable bonds is 2. The summed E-state index contributed by atoms with van der Waals surface area (Å²) < 4.78 is 1.61. The monoisotopic (exact) mass is 257 g/mol. The molecule has 19 heavy (non-hydrogen) atoms. The molecule has 0 saturated heterocycles. The molecule has 0 unspecified atom stereocenters. The molecule has 2 heterocycles. The minimum absolute atomic E-state index is 0.0361. The summed E-state index contributed by atoms with van der Waals surface area (Å²) in [6, 6.07) is 3.86. The van der Waals surface area contributed by atoms with Gasteiger partial charge >= 0.3 is 0 Å². The summed E-state index contributed by atoms with van der Waals surface area (Å²) in [7, 11) is 0. The molecule has 2 fully saturated rings. The maximum atomic E-state index is 12.1. The predicted molar refractivity (Wildman–Crippen MR) is 73.6 cm³/mol. The molecule has 0 amide bonds. The van der Waals surface area contributed by atoms with Crippen LogP contribution in [0, 0.1) is 0 Å². The first-order valence-electron chi connectivity index (χ1n) is 7.44. The van der Waals surface area contributed by atoms with E-state index in [0.717, 1.165) is 11.5 Å². The highest BCUT2D eigenvalue weighted by Crippen LogP contribution is 2.39. The minimum Gasteiger partial charge on any atom is -0.276 e. The molecule has 0 atom stereocenters. The lowest BCUT2D eigenvalue weighted by molar-refractivity contribution is 0.428. The lowest BCUT2D eigenvalue weighted by Crippen LogP contribution is -2.14. The van der Waals surface area contributed by atoms with Crippen LogP contribution in [0.3, 0.4) is 0 Å². The molecule has 0 radical (unpaired) electrons. The van der Waals surface area contributed by atoms with Gasteiger partial charge in [0, 0.05) is 12.0 Å². The predicted octanol–water partition coefficient (Wildman–Crippen LogP) is 2.95. The van der Waals surface area contributed by atoms with Gasteiger partial charge in [-0.25, -0.2) is 9.50 Å². The average Bonchev–Trinajstić information content (AvgIpc) is 3.19. The molecular weight excluding hydrogens is 238 g/mol. The Hall–Kier alpha value is -1.58. The van der Waals surface area contributed by atoms with E-state index in [9.17, 15) is 4.79 Å². The Morgan fingerprint density at radius 2 is 1.84 bits per heavy atom. The van der Waals surface area contributed by atoms with Crippen molar-refractivity contribution in [1.82, 2.24) is 14.6 Å². The van der Waals surface area contributed by atoms with Gasteiger partial charge in [0.05, 0.1) is 0 Å². The summed E-state index contributed by atoms with van der Waals surface area (Å²) in [4.78, 5) is 16.8. The standard InChI is InChI=1S/C15H19N3O/c19-14-9-12(10-6-7-10)8-13-16-15(17-18(13)14)11-4-2-1-3-5-11/h8-11H,1-7H2,(H,16,17). The molecule has 0 bridgehead atoms. The molecule has 0 aliphatic heterocycles. The van der Waals surface area contributed by atoms with Crippen molar-refractivity contribution in [3.8, 4) is 0 Å². The van der Waals surface area contributed by atoms with Crippen LogP contribution >= 0.6 is 0 Å². The van der Waals surface area contributed by atoms with Gasteiger partial charge in [0.15, 0.2) is 5.65 Å². The number of nitrogens with zero attached hydrogens (tertiary/aromatic N) is 2. The SMILES string of the molecule is O=c1cc(C2CC2)cc2nc(C3CCCCC3)[nH]n12. The van der Waals surface area contributed by atoms with Gasteiger partial charge in [-0.05, 0) is 43.2 Å². The van der Waals surface area contributed by atoms with E-state index in [2.05, 4.69) is 16.1 Å². The molecule has 2 aromatic rings. The second-order valence-corrected chi connectivity index (χ2v) is 6.04. The van der Waals surface area contributed by atoms with Crippen LogP contribution < -0.4 is 5.56 Å². The van der Waals surface area contributed by atoms with Crippen molar-refractivity contribution in [2.24, 2.45) is 0 Å². The molecular formula is C15H19N3O. The molecule has 1 N–H and O–H groups in total. The Morgan fingerprint density at radius 3 is 2.58 bits per heavy atom. The zero-order chi connectivity index (χ0) is 12.8. The topological polar surface area (TPSA) is 50.2 Å². The fourth-order valence-electron chi connectivity index (χ4n) is 3.24. The zero-order valence-corrected chi connectivity index (χ0v) is 11.1. The van der Waals surface area contributed by atoms with Crippen molar-refractivity contribution < 1.29 is 0 Å². The number of H-pyrrole nitrogens is 1. The molecule has 0 aromatic carbocycles. The van der Waals surface area contributed by atoms with E-state index >= 15 is 0 Å². The van der Waals surface area contributed by atoms with Crippen molar-refractivity contribution in [3.05, 3.63) is 33.9 Å². The number of aromatic amines is 1. The third-order valence-corrected chi connectivity index (χ3v) is 4.54. The van der Waals surface area contributed by atoms with Crippen LogP contribution in [0.4, 0.5) is 0 Å². The number of nitrogens with one attached hydrogen (secondary N) is 1. The van der Waals surface area contributed by atoms with Crippen LogP contribution in [0.2, 0.25) is 0 Å². The van der Waals surface area contributed by atoms with Crippen LogP contribution in [-0.4, -0.2) is 14.6 Å². The van der Waals surface area contributed by atoms with E-state index < -0.39 is 0 Å². The van der Waals surface area contributed by atoms with Crippen LogP contribution in [0.15, 0.2) is 16.9 Å². The number of aromatic nitrogens is 3. The van der Waals surface area contributed by atoms with Crippen LogP contribution in [0.5, 0.6) is 0 Å². The van der Waals surface area contributed by atoms with Gasteiger partial charge in [0.25, 0.3) is 5.56 Å². The molecule has 2 aliphatic carbocycles. The lowest BCUT2D eigenvalue weighted by atomic mass is 9.89. The molecule has 0 spiro atoms. The number of hydrogen-bond acceptors (Lipinski definition) is 2. The van der Waals surface area contributed by atoms with Crippen molar-refractivity contribution in [1.29, 1.82) is 0 Å². The Morgan fingerprint density at radius 1 is 1.05 bits per heavy atom. The quantitative estimate of drug-likeness (QED) is 0.899. The van der Waals surface area contributed by atoms with Gasteiger partial charge in [-0.15, -0.1) is 0 Å². The largest absolute Gasteiger partial charge is 0.276 e. The van der Waals surface area contributed by atoms with Crippen LogP contribution in [0.25, 0.3) is 5.65 Å². The van der Waals surface area contributed by atoms with Gasteiger partial charge in [0.2, 0.25) is 0 Å². The molecule has 4 heteroatoms. The maximum Gasteiger partial charge on any atom is 0.271 e. The second-order valence-electron chi connectivity index (χ2n) is 6.04. The highest BCUT2D eigenvalue weighted by Gasteiger charge is 2.25. The molecule has 2 aliphatic rings. The zero-order valence-electron chi connectivity index (χ0n) is 11.1. The van der Waals surface area contributed by atoms with Gasteiger partial charge in [0.1, 0.15) is 5.82 Å². The minimum atomic E-state index is 0.0361. The summed E-state index contributed by atoms with van der Waals surface area (Å²) in [6.07, 6.45) is 8.73. The molecule has 100 valence electrons. The van der Waals surface area contributed by atoms with E-state index in [1.807, 2.05) is 0 Å². The van der Waals surface area contributed by atoms with E-state index in [-0.39, 0.29) is 5.56 Å². The molecule has 2 aromatic heterocycles. The molecule has 4 nitrogen and oxygen atoms in total. The first-order valence-corrected chi connectivity index (χ1v) is 7.44. The number of pyridine rings is 1. The van der Waals surface area contributed by atoms with E-state index in [1.54, 1.807) is 10.6 Å².